The Balaban J connectivity index is 0.00000161. The molecule has 116 valence electrons. The van der Waals surface area contributed by atoms with Gasteiger partial charge in [0.25, 0.3) is 0 Å². The van der Waals surface area contributed by atoms with Crippen molar-refractivity contribution in [3.8, 4) is 0 Å². The van der Waals surface area contributed by atoms with Gasteiger partial charge < -0.3 is 15.8 Å². The van der Waals surface area contributed by atoms with Crippen LogP contribution in [0.5, 0.6) is 0 Å². The van der Waals surface area contributed by atoms with Crippen molar-refractivity contribution in [1.82, 2.24) is 5.32 Å². The SMILES string of the molecule is Cc1ccc2c(c1)CCC2NC(=O)C1(N)CCOCC1.Cl. The number of benzene rings is 1. The van der Waals surface area contributed by atoms with E-state index in [9.17, 15) is 4.79 Å². The third kappa shape index (κ3) is 3.23. The molecule has 1 aliphatic carbocycles. The van der Waals surface area contributed by atoms with E-state index >= 15 is 0 Å². The fourth-order valence-corrected chi connectivity index (χ4v) is 3.16. The van der Waals surface area contributed by atoms with E-state index < -0.39 is 5.54 Å². The molecule has 1 unspecified atom stereocenters. The number of amides is 1. The first-order chi connectivity index (χ1) is 9.58. The fraction of sp³-hybridized carbons (Fsp3) is 0.562. The van der Waals surface area contributed by atoms with Crippen molar-refractivity contribution in [3.05, 3.63) is 34.9 Å². The molecule has 1 aliphatic heterocycles. The normalized spacial score (nSPS) is 23.0. The summed E-state index contributed by atoms with van der Waals surface area (Å²) in [5.74, 6) is -0.0285. The highest BCUT2D eigenvalue weighted by Gasteiger charge is 2.37. The third-order valence-corrected chi connectivity index (χ3v) is 4.52. The Labute approximate surface area is 131 Å². The van der Waals surface area contributed by atoms with Crippen molar-refractivity contribution in [1.29, 1.82) is 0 Å². The predicted octanol–water partition coefficient (Wildman–Crippen LogP) is 2.03. The largest absolute Gasteiger partial charge is 0.381 e. The Hall–Kier alpha value is -1.10. The van der Waals surface area contributed by atoms with Gasteiger partial charge in [0.05, 0.1) is 11.6 Å². The van der Waals surface area contributed by atoms with Gasteiger partial charge in [-0.3, -0.25) is 4.79 Å². The zero-order valence-corrected chi connectivity index (χ0v) is 13.2. The minimum Gasteiger partial charge on any atom is -0.381 e. The molecule has 4 nitrogen and oxygen atoms in total. The molecule has 0 saturated carbocycles. The van der Waals surface area contributed by atoms with Crippen molar-refractivity contribution in [3.63, 3.8) is 0 Å². The molecule has 1 aromatic rings. The molecule has 1 aromatic carbocycles. The second kappa shape index (κ2) is 6.34. The molecule has 1 fully saturated rings. The molecule has 1 atom stereocenters. The van der Waals surface area contributed by atoms with E-state index in [0.717, 1.165) is 12.8 Å². The second-order valence-electron chi connectivity index (χ2n) is 6.04. The van der Waals surface area contributed by atoms with Crippen LogP contribution in [0.15, 0.2) is 18.2 Å². The summed E-state index contributed by atoms with van der Waals surface area (Å²) in [7, 11) is 0. The van der Waals surface area contributed by atoms with Crippen molar-refractivity contribution < 1.29 is 9.53 Å². The second-order valence-corrected chi connectivity index (χ2v) is 6.04. The Bertz CT molecular complexity index is 527. The summed E-state index contributed by atoms with van der Waals surface area (Å²) in [6.45, 7) is 3.25. The van der Waals surface area contributed by atoms with Gasteiger partial charge in [-0.2, -0.15) is 0 Å². The number of nitrogens with one attached hydrogen (secondary N) is 1. The molecule has 1 heterocycles. The molecular weight excluding hydrogens is 288 g/mol. The number of ether oxygens (including phenoxy) is 1. The summed E-state index contributed by atoms with van der Waals surface area (Å²) in [5.41, 5.74) is 9.35. The lowest BCUT2D eigenvalue weighted by Gasteiger charge is -2.33. The molecule has 2 aliphatic rings. The van der Waals surface area contributed by atoms with Gasteiger partial charge in [0.2, 0.25) is 5.91 Å². The number of carbonyl (C=O) groups excluding carboxylic acids is 1. The quantitative estimate of drug-likeness (QED) is 0.878. The number of nitrogens with two attached hydrogens (primary N) is 1. The molecule has 5 heteroatoms. The number of carbonyl (C=O) groups is 1. The lowest BCUT2D eigenvalue weighted by atomic mass is 9.90. The van der Waals surface area contributed by atoms with Crippen molar-refractivity contribution in [2.75, 3.05) is 13.2 Å². The number of fused-ring (bicyclic) bond motifs is 1. The number of aryl methyl sites for hydroxylation is 2. The fourth-order valence-electron chi connectivity index (χ4n) is 3.16. The van der Waals surface area contributed by atoms with Gasteiger partial charge in [-0.25, -0.2) is 0 Å². The third-order valence-electron chi connectivity index (χ3n) is 4.52. The van der Waals surface area contributed by atoms with Gasteiger partial charge in [0.15, 0.2) is 0 Å². The number of hydrogen-bond acceptors (Lipinski definition) is 3. The van der Waals surface area contributed by atoms with Crippen LogP contribution in [0.3, 0.4) is 0 Å². The van der Waals surface area contributed by atoms with Crippen molar-refractivity contribution in [2.45, 2.75) is 44.2 Å². The van der Waals surface area contributed by atoms with Crippen LogP contribution in [0.4, 0.5) is 0 Å². The highest BCUT2D eigenvalue weighted by molar-refractivity contribution is 5.86. The van der Waals surface area contributed by atoms with Crippen LogP contribution in [0.25, 0.3) is 0 Å². The first-order valence-corrected chi connectivity index (χ1v) is 7.35. The van der Waals surface area contributed by atoms with Crippen LogP contribution >= 0.6 is 12.4 Å². The topological polar surface area (TPSA) is 64.4 Å². The maximum Gasteiger partial charge on any atom is 0.240 e. The van der Waals surface area contributed by atoms with E-state index in [1.54, 1.807) is 0 Å². The minimum atomic E-state index is -0.758. The molecular formula is C16H23ClN2O2. The summed E-state index contributed by atoms with van der Waals surface area (Å²) in [4.78, 5) is 12.5. The summed E-state index contributed by atoms with van der Waals surface area (Å²) < 4.78 is 5.29. The van der Waals surface area contributed by atoms with Crippen LogP contribution in [-0.2, 0) is 16.0 Å². The monoisotopic (exact) mass is 310 g/mol. The van der Waals surface area contributed by atoms with E-state index in [-0.39, 0.29) is 24.4 Å². The highest BCUT2D eigenvalue weighted by atomic mass is 35.5. The standard InChI is InChI=1S/C16H22N2O2.ClH/c1-11-2-4-13-12(10-11)3-5-14(13)18-15(19)16(17)6-8-20-9-7-16;/h2,4,10,14H,3,5-9,17H2,1H3,(H,18,19);1H. The molecule has 0 aromatic heterocycles. The summed E-state index contributed by atoms with van der Waals surface area (Å²) in [5, 5.41) is 3.15. The van der Waals surface area contributed by atoms with E-state index in [1.165, 1.54) is 16.7 Å². The maximum atomic E-state index is 12.5. The molecule has 0 radical (unpaired) electrons. The van der Waals surface area contributed by atoms with Gasteiger partial charge in [-0.1, -0.05) is 23.8 Å². The predicted molar refractivity (Wildman–Crippen MR) is 84.6 cm³/mol. The van der Waals surface area contributed by atoms with E-state index in [4.69, 9.17) is 10.5 Å². The molecule has 0 spiro atoms. The van der Waals surface area contributed by atoms with Gasteiger partial charge in [-0.05, 0) is 43.7 Å². The average Bonchev–Trinajstić information content (AvgIpc) is 2.82. The number of rotatable bonds is 2. The highest BCUT2D eigenvalue weighted by Crippen LogP contribution is 2.32. The Kier molecular flexibility index (Phi) is 4.91. The lowest BCUT2D eigenvalue weighted by Crippen LogP contribution is -2.57. The van der Waals surface area contributed by atoms with Crippen LogP contribution in [0, 0.1) is 6.92 Å². The average molecular weight is 311 g/mol. The zero-order chi connectivity index (χ0) is 14.2. The molecule has 3 N–H and O–H groups in total. The summed E-state index contributed by atoms with van der Waals surface area (Å²) in [6.07, 6.45) is 3.21. The van der Waals surface area contributed by atoms with Crippen LogP contribution in [0.2, 0.25) is 0 Å². The Morgan fingerprint density at radius 3 is 2.81 bits per heavy atom. The van der Waals surface area contributed by atoms with Crippen LogP contribution in [0.1, 0.15) is 42.0 Å². The Morgan fingerprint density at radius 1 is 1.38 bits per heavy atom. The summed E-state index contributed by atoms with van der Waals surface area (Å²) in [6, 6.07) is 6.57. The van der Waals surface area contributed by atoms with Crippen LogP contribution in [-0.4, -0.2) is 24.7 Å². The molecule has 0 bridgehead atoms. The number of hydrogen-bond donors (Lipinski definition) is 2. The first kappa shape index (κ1) is 16.3. The van der Waals surface area contributed by atoms with E-state index in [2.05, 4.69) is 30.4 Å². The molecule has 3 rings (SSSR count). The Morgan fingerprint density at radius 2 is 2.10 bits per heavy atom. The molecule has 1 amide bonds. The van der Waals surface area contributed by atoms with E-state index in [1.807, 2.05) is 0 Å². The smallest absolute Gasteiger partial charge is 0.240 e. The van der Waals surface area contributed by atoms with Crippen molar-refractivity contribution >= 4 is 18.3 Å². The van der Waals surface area contributed by atoms with Gasteiger partial charge in [0, 0.05) is 13.2 Å². The summed E-state index contributed by atoms with van der Waals surface area (Å²) >= 11 is 0. The zero-order valence-electron chi connectivity index (χ0n) is 12.4. The first-order valence-electron chi connectivity index (χ1n) is 7.35. The van der Waals surface area contributed by atoms with E-state index in [0.29, 0.717) is 26.1 Å². The van der Waals surface area contributed by atoms with Gasteiger partial charge in [-0.15, -0.1) is 12.4 Å². The molecule has 21 heavy (non-hydrogen) atoms. The lowest BCUT2D eigenvalue weighted by molar-refractivity contribution is -0.130. The van der Waals surface area contributed by atoms with Gasteiger partial charge in [0.1, 0.15) is 0 Å². The minimum absolute atomic E-state index is 0. The van der Waals surface area contributed by atoms with Crippen molar-refractivity contribution in [2.24, 2.45) is 5.73 Å². The molecule has 1 saturated heterocycles. The maximum absolute atomic E-state index is 12.5. The van der Waals surface area contributed by atoms with Gasteiger partial charge >= 0.3 is 0 Å². The van der Waals surface area contributed by atoms with Crippen LogP contribution < -0.4 is 11.1 Å². The number of halogens is 1.